The molecule has 0 radical (unpaired) electrons. The van der Waals surface area contributed by atoms with Crippen molar-refractivity contribution in [3.05, 3.63) is 23.8 Å². The second-order valence-corrected chi connectivity index (χ2v) is 9.81. The maximum atomic E-state index is 13.4. The van der Waals surface area contributed by atoms with Crippen LogP contribution in [0.5, 0.6) is 11.5 Å². The average molecular weight is 592 g/mol. The molecule has 1 aromatic carbocycles. The number of carbonyl (C=O) groups is 3. The van der Waals surface area contributed by atoms with E-state index in [1.54, 1.807) is 0 Å². The summed E-state index contributed by atoms with van der Waals surface area (Å²) in [6.07, 6.45) is -18.9. The van der Waals surface area contributed by atoms with Crippen LogP contribution < -0.4 is 5.32 Å². The molecule has 17 heteroatoms. The molecule has 0 aliphatic carbocycles. The smallest absolute Gasteiger partial charge is 0.335 e. The van der Waals surface area contributed by atoms with Gasteiger partial charge in [-0.25, -0.2) is 9.59 Å². The van der Waals surface area contributed by atoms with Crippen molar-refractivity contribution in [1.82, 2.24) is 5.32 Å². The Morgan fingerprint density at radius 1 is 0.854 bits per heavy atom. The van der Waals surface area contributed by atoms with Crippen LogP contribution in [0.15, 0.2) is 18.2 Å². The van der Waals surface area contributed by atoms with Gasteiger partial charge in [0.05, 0.1) is 0 Å². The topological polar surface area (TPSA) is 271 Å². The molecule has 17 nitrogen and oxygen atoms in total. The summed E-state index contributed by atoms with van der Waals surface area (Å²) in [6, 6.07) is 3.52. The fraction of sp³-hybridized carbons (Fsp3) is 0.625. The highest BCUT2D eigenvalue weighted by atomic mass is 16.7. The lowest BCUT2D eigenvalue weighted by molar-refractivity contribution is -0.348. The quantitative estimate of drug-likeness (QED) is 0.120. The third-order valence-electron chi connectivity index (χ3n) is 6.86. The summed E-state index contributed by atoms with van der Waals surface area (Å²) < 4.78 is 26.0. The Kier molecular flexibility index (Phi) is 10.1. The molecule has 0 saturated carbocycles. The summed E-state index contributed by atoms with van der Waals surface area (Å²) in [7, 11) is 2.16. The first-order valence-electron chi connectivity index (χ1n) is 12.2. The molecule has 2 heterocycles. The number of benzene rings is 1. The Bertz CT molecular complexity index is 1120. The maximum absolute atomic E-state index is 13.4. The minimum absolute atomic E-state index is 0.202. The second-order valence-electron chi connectivity index (χ2n) is 9.81. The van der Waals surface area contributed by atoms with Gasteiger partial charge in [-0.05, 0) is 24.6 Å². The number of nitrogens with one attached hydrogen (secondary N) is 1. The predicted octanol–water partition coefficient (Wildman–Crippen LogP) is -3.38. The van der Waals surface area contributed by atoms with Crippen LogP contribution in [0.3, 0.4) is 0 Å². The molecule has 1 aromatic rings. The Labute approximate surface area is 232 Å². The monoisotopic (exact) mass is 591 g/mol. The van der Waals surface area contributed by atoms with Crippen molar-refractivity contribution in [2.45, 2.75) is 80.3 Å². The van der Waals surface area contributed by atoms with Crippen LogP contribution >= 0.6 is 0 Å². The summed E-state index contributed by atoms with van der Waals surface area (Å²) in [5.74, 6) is -5.31. The fourth-order valence-corrected chi connectivity index (χ4v) is 4.56. The number of ether oxygens (including phenoxy) is 5. The molecule has 5 unspecified atom stereocenters. The molecular formula is C24H33NO16. The number of aliphatic carboxylic acids is 2. The summed E-state index contributed by atoms with van der Waals surface area (Å²) in [5.41, 5.74) is -1.87. The molecule has 0 aromatic heterocycles. The van der Waals surface area contributed by atoms with Crippen LogP contribution in [0.25, 0.3) is 0 Å². The SMILES string of the molecule is CO[C@@H]1O[C@@H](C(=O)NC(C)(Cc2ccc(O)c(O)c2)C(=O)O)[C@@H](O[C@@H]2OC(C(=O)O)[C@@H](OC)[C@H](O)C2O)C(O)C1O. The molecule has 2 fully saturated rings. The number of hydrogen-bond donors (Lipinski definition) is 9. The number of phenols is 2. The number of aromatic hydroxyl groups is 2. The van der Waals surface area contributed by atoms with Gasteiger partial charge in [0.1, 0.15) is 42.2 Å². The third-order valence-corrected chi connectivity index (χ3v) is 6.86. The van der Waals surface area contributed by atoms with E-state index in [-0.39, 0.29) is 5.56 Å². The van der Waals surface area contributed by atoms with Crippen LogP contribution in [-0.2, 0) is 44.5 Å². The molecule has 9 N–H and O–H groups in total. The van der Waals surface area contributed by atoms with Gasteiger partial charge in [0.15, 0.2) is 36.3 Å². The van der Waals surface area contributed by atoms with Crippen LogP contribution in [0.1, 0.15) is 12.5 Å². The molecule has 2 saturated heterocycles. The zero-order valence-corrected chi connectivity index (χ0v) is 22.1. The lowest BCUT2D eigenvalue weighted by Gasteiger charge is -2.46. The molecule has 2 aliphatic heterocycles. The van der Waals surface area contributed by atoms with E-state index < -0.39 is 103 Å². The van der Waals surface area contributed by atoms with Gasteiger partial charge >= 0.3 is 11.9 Å². The Balaban J connectivity index is 1.90. The van der Waals surface area contributed by atoms with Crippen LogP contribution in [0.2, 0.25) is 0 Å². The first-order chi connectivity index (χ1) is 19.1. The van der Waals surface area contributed by atoms with Gasteiger partial charge in [-0.15, -0.1) is 0 Å². The van der Waals surface area contributed by atoms with E-state index in [0.717, 1.165) is 33.3 Å². The van der Waals surface area contributed by atoms with Crippen molar-refractivity contribution in [2.75, 3.05) is 14.2 Å². The van der Waals surface area contributed by atoms with Gasteiger partial charge in [0, 0.05) is 20.6 Å². The lowest BCUT2D eigenvalue weighted by Crippen LogP contribution is -2.68. The third kappa shape index (κ3) is 6.69. The van der Waals surface area contributed by atoms with Crippen molar-refractivity contribution >= 4 is 17.8 Å². The molecule has 11 atom stereocenters. The number of carboxylic acids is 2. The number of phenolic OH excluding ortho intramolecular Hbond substituents is 2. The van der Waals surface area contributed by atoms with Gasteiger partial charge in [0.25, 0.3) is 5.91 Å². The molecule has 1 amide bonds. The van der Waals surface area contributed by atoms with E-state index in [4.69, 9.17) is 23.7 Å². The number of aliphatic hydroxyl groups excluding tert-OH is 4. The Morgan fingerprint density at radius 2 is 1.44 bits per heavy atom. The lowest BCUT2D eigenvalue weighted by atomic mass is 9.91. The normalized spacial score (nSPS) is 35.3. The van der Waals surface area contributed by atoms with Crippen molar-refractivity contribution in [1.29, 1.82) is 0 Å². The predicted molar refractivity (Wildman–Crippen MR) is 129 cm³/mol. The van der Waals surface area contributed by atoms with Gasteiger partial charge in [-0.1, -0.05) is 6.07 Å². The summed E-state index contributed by atoms with van der Waals surface area (Å²) in [5, 5.41) is 83.0. The van der Waals surface area contributed by atoms with Crippen molar-refractivity contribution in [3.63, 3.8) is 0 Å². The van der Waals surface area contributed by atoms with E-state index in [0.29, 0.717) is 0 Å². The summed E-state index contributed by atoms with van der Waals surface area (Å²) in [4.78, 5) is 37.3. The minimum Gasteiger partial charge on any atom is -0.504 e. The van der Waals surface area contributed by atoms with Gasteiger partial charge in [0.2, 0.25) is 0 Å². The van der Waals surface area contributed by atoms with E-state index in [9.17, 15) is 55.2 Å². The van der Waals surface area contributed by atoms with E-state index in [1.165, 1.54) is 6.07 Å². The first-order valence-corrected chi connectivity index (χ1v) is 12.2. The van der Waals surface area contributed by atoms with Gasteiger partial charge in [-0.3, -0.25) is 4.79 Å². The van der Waals surface area contributed by atoms with Crippen molar-refractivity contribution in [3.8, 4) is 11.5 Å². The highest BCUT2D eigenvalue weighted by Gasteiger charge is 2.54. The van der Waals surface area contributed by atoms with E-state index in [1.807, 2.05) is 0 Å². The largest absolute Gasteiger partial charge is 0.504 e. The highest BCUT2D eigenvalue weighted by Crippen LogP contribution is 2.31. The van der Waals surface area contributed by atoms with Crippen molar-refractivity contribution < 1.29 is 78.9 Å². The molecule has 0 bridgehead atoms. The first kappa shape index (κ1) is 32.4. The van der Waals surface area contributed by atoms with Crippen molar-refractivity contribution in [2.24, 2.45) is 0 Å². The number of hydrogen-bond acceptors (Lipinski definition) is 14. The van der Waals surface area contributed by atoms with Crippen LogP contribution in [-0.4, -0.2) is 140 Å². The number of amides is 1. The van der Waals surface area contributed by atoms with E-state index >= 15 is 0 Å². The standard InChI is InChI=1S/C24H33NO16/c1-24(23(35)36,7-8-4-5-9(26)10(27)6-8)25-19(32)17-16(12(29)13(30)21(38-3)40-17)39-22-14(31)11(28)15(37-2)18(41-22)20(33)34/h4-6,11-18,21-22,26-31H,7H2,1-3H3,(H,25,32)(H,33,34)(H,35,36)/t11-,12?,13?,14?,15+,16+,17-,18?,21-,22-,24?/m1/s1. The Hall–Kier alpha value is -3.13. The molecular weight excluding hydrogens is 558 g/mol. The average Bonchev–Trinajstić information content (AvgIpc) is 2.91. The number of methoxy groups -OCH3 is 2. The Morgan fingerprint density at radius 3 is 1.98 bits per heavy atom. The minimum atomic E-state index is -2.07. The van der Waals surface area contributed by atoms with Gasteiger partial charge < -0.3 is 69.9 Å². The molecule has 2 aliphatic rings. The summed E-state index contributed by atoms with van der Waals surface area (Å²) in [6.45, 7) is 1.13. The van der Waals surface area contributed by atoms with Crippen LogP contribution in [0, 0.1) is 0 Å². The number of rotatable bonds is 10. The molecule has 41 heavy (non-hydrogen) atoms. The number of aliphatic hydroxyl groups is 4. The summed E-state index contributed by atoms with van der Waals surface area (Å²) >= 11 is 0. The molecule has 3 rings (SSSR count). The zero-order valence-electron chi connectivity index (χ0n) is 22.1. The zero-order chi connectivity index (χ0) is 30.8. The van der Waals surface area contributed by atoms with Crippen LogP contribution in [0.4, 0.5) is 0 Å². The molecule has 230 valence electrons. The second kappa shape index (κ2) is 12.8. The van der Waals surface area contributed by atoms with Gasteiger partial charge in [-0.2, -0.15) is 0 Å². The fourth-order valence-electron chi connectivity index (χ4n) is 4.56. The molecule has 0 spiro atoms. The maximum Gasteiger partial charge on any atom is 0.335 e. The number of carbonyl (C=O) groups excluding carboxylic acids is 1. The van der Waals surface area contributed by atoms with E-state index in [2.05, 4.69) is 5.32 Å². The number of carboxylic acid groups (broad SMARTS) is 2. The highest BCUT2D eigenvalue weighted by molar-refractivity contribution is 5.89.